The van der Waals surface area contributed by atoms with Crippen LogP contribution in [0.25, 0.3) is 0 Å². The van der Waals surface area contributed by atoms with E-state index in [4.69, 9.17) is 10.5 Å². The number of hydrogen-bond acceptors (Lipinski definition) is 5. The lowest BCUT2D eigenvalue weighted by Crippen LogP contribution is -2.47. The smallest absolute Gasteiger partial charge is 0.242 e. The van der Waals surface area contributed by atoms with Crippen molar-refractivity contribution in [3.05, 3.63) is 29.8 Å². The van der Waals surface area contributed by atoms with Crippen LogP contribution in [0.2, 0.25) is 0 Å². The van der Waals surface area contributed by atoms with E-state index in [0.717, 1.165) is 17.1 Å². The van der Waals surface area contributed by atoms with Crippen LogP contribution in [0.5, 0.6) is 0 Å². The summed E-state index contributed by atoms with van der Waals surface area (Å²) in [4.78, 5) is 12.5. The Labute approximate surface area is 143 Å². The zero-order chi connectivity index (χ0) is 17.7. The Kier molecular flexibility index (Phi) is 6.34. The SMILES string of the molecule is CN(C)S(=O)(=O)c1ccccc1CNC(=O)C(N)C1CCOCC1. The molecule has 3 N–H and O–H groups in total. The van der Waals surface area contributed by atoms with Gasteiger partial charge in [-0.25, -0.2) is 12.7 Å². The molecule has 1 saturated heterocycles. The molecular formula is C16H25N3O4S. The first kappa shape index (κ1) is 18.9. The number of benzene rings is 1. The second-order valence-corrected chi connectivity index (χ2v) is 8.21. The second kappa shape index (κ2) is 8.06. The molecule has 0 radical (unpaired) electrons. The van der Waals surface area contributed by atoms with Gasteiger partial charge in [0.25, 0.3) is 0 Å². The maximum atomic E-state index is 12.4. The lowest BCUT2D eigenvalue weighted by Gasteiger charge is -2.26. The molecule has 1 aromatic carbocycles. The van der Waals surface area contributed by atoms with Crippen molar-refractivity contribution >= 4 is 15.9 Å². The van der Waals surface area contributed by atoms with Crippen LogP contribution in [0.4, 0.5) is 0 Å². The molecule has 1 aliphatic rings. The van der Waals surface area contributed by atoms with Crippen LogP contribution < -0.4 is 11.1 Å². The number of amides is 1. The van der Waals surface area contributed by atoms with Crippen molar-refractivity contribution in [1.29, 1.82) is 0 Å². The minimum atomic E-state index is -3.56. The minimum Gasteiger partial charge on any atom is -0.381 e. The van der Waals surface area contributed by atoms with E-state index in [2.05, 4.69) is 5.32 Å². The standard InChI is InChI=1S/C16H25N3O4S/c1-19(2)24(21,22)14-6-4-3-5-13(14)11-18-16(20)15(17)12-7-9-23-10-8-12/h3-6,12,15H,7-11,17H2,1-2H3,(H,18,20). The van der Waals surface area contributed by atoms with Gasteiger partial charge < -0.3 is 15.8 Å². The summed E-state index contributed by atoms with van der Waals surface area (Å²) in [6, 6.07) is 6.03. The Morgan fingerprint density at radius 1 is 1.33 bits per heavy atom. The van der Waals surface area contributed by atoms with E-state index in [9.17, 15) is 13.2 Å². The molecule has 134 valence electrons. The van der Waals surface area contributed by atoms with Gasteiger partial charge in [0.1, 0.15) is 0 Å². The Morgan fingerprint density at radius 2 is 1.96 bits per heavy atom. The number of rotatable bonds is 6. The lowest BCUT2D eigenvalue weighted by molar-refractivity contribution is -0.124. The molecular weight excluding hydrogens is 330 g/mol. The van der Waals surface area contributed by atoms with E-state index in [1.807, 2.05) is 0 Å². The van der Waals surface area contributed by atoms with Gasteiger partial charge in [-0.2, -0.15) is 0 Å². The number of ether oxygens (including phenoxy) is 1. The Hall–Kier alpha value is -1.48. The summed E-state index contributed by atoms with van der Waals surface area (Å²) in [6.07, 6.45) is 1.53. The molecule has 1 aromatic rings. The van der Waals surface area contributed by atoms with Crippen molar-refractivity contribution in [3.8, 4) is 0 Å². The topological polar surface area (TPSA) is 102 Å². The number of carbonyl (C=O) groups is 1. The fourth-order valence-corrected chi connectivity index (χ4v) is 3.80. The van der Waals surface area contributed by atoms with Crippen molar-refractivity contribution in [2.24, 2.45) is 11.7 Å². The maximum absolute atomic E-state index is 12.4. The van der Waals surface area contributed by atoms with Gasteiger partial charge in [0.15, 0.2) is 0 Å². The molecule has 0 aliphatic carbocycles. The molecule has 1 unspecified atom stereocenters. The molecule has 2 rings (SSSR count). The van der Waals surface area contributed by atoms with E-state index in [1.165, 1.54) is 20.2 Å². The molecule has 7 nitrogen and oxygen atoms in total. The Morgan fingerprint density at radius 3 is 2.58 bits per heavy atom. The first-order valence-electron chi connectivity index (χ1n) is 7.95. The number of sulfonamides is 1. The quantitative estimate of drug-likeness (QED) is 0.764. The van der Waals surface area contributed by atoms with Gasteiger partial charge in [-0.1, -0.05) is 18.2 Å². The lowest BCUT2D eigenvalue weighted by atomic mass is 9.92. The third-order valence-electron chi connectivity index (χ3n) is 4.26. The number of nitrogens with zero attached hydrogens (tertiary/aromatic N) is 1. The molecule has 1 heterocycles. The van der Waals surface area contributed by atoms with E-state index in [1.54, 1.807) is 18.2 Å². The third kappa shape index (κ3) is 4.32. The normalized spacial score (nSPS) is 17.7. The highest BCUT2D eigenvalue weighted by Crippen LogP contribution is 2.20. The molecule has 0 bridgehead atoms. The summed E-state index contributed by atoms with van der Waals surface area (Å²) < 4.78 is 31.1. The monoisotopic (exact) mass is 355 g/mol. The molecule has 1 aliphatic heterocycles. The van der Waals surface area contributed by atoms with Crippen molar-refractivity contribution in [3.63, 3.8) is 0 Å². The first-order valence-corrected chi connectivity index (χ1v) is 9.39. The van der Waals surface area contributed by atoms with Crippen molar-refractivity contribution < 1.29 is 17.9 Å². The van der Waals surface area contributed by atoms with Crippen LogP contribution in [-0.2, 0) is 26.1 Å². The molecule has 0 spiro atoms. The zero-order valence-corrected chi connectivity index (χ0v) is 14.9. The average molecular weight is 355 g/mol. The van der Waals surface area contributed by atoms with E-state index >= 15 is 0 Å². The first-order chi connectivity index (χ1) is 11.3. The Balaban J connectivity index is 2.05. The predicted molar refractivity (Wildman–Crippen MR) is 90.7 cm³/mol. The highest BCUT2D eigenvalue weighted by Gasteiger charge is 2.27. The van der Waals surface area contributed by atoms with Gasteiger partial charge in [-0.15, -0.1) is 0 Å². The molecule has 24 heavy (non-hydrogen) atoms. The summed E-state index contributed by atoms with van der Waals surface area (Å²) >= 11 is 0. The molecule has 1 atom stereocenters. The minimum absolute atomic E-state index is 0.0968. The number of nitrogens with one attached hydrogen (secondary N) is 1. The van der Waals surface area contributed by atoms with E-state index in [0.29, 0.717) is 18.8 Å². The number of nitrogens with two attached hydrogens (primary N) is 1. The van der Waals surface area contributed by atoms with Crippen molar-refractivity contribution in [2.45, 2.75) is 30.3 Å². The highest BCUT2D eigenvalue weighted by molar-refractivity contribution is 7.89. The van der Waals surface area contributed by atoms with Gasteiger partial charge in [-0.3, -0.25) is 4.79 Å². The van der Waals surface area contributed by atoms with Gasteiger partial charge in [-0.05, 0) is 30.4 Å². The Bertz CT molecular complexity index is 670. The van der Waals surface area contributed by atoms with Gasteiger partial charge >= 0.3 is 0 Å². The molecule has 1 fully saturated rings. The van der Waals surface area contributed by atoms with Crippen LogP contribution in [0.3, 0.4) is 0 Å². The molecule has 0 aromatic heterocycles. The fraction of sp³-hybridized carbons (Fsp3) is 0.562. The summed E-state index contributed by atoms with van der Waals surface area (Å²) in [5.74, 6) is -0.168. The largest absolute Gasteiger partial charge is 0.381 e. The second-order valence-electron chi connectivity index (χ2n) is 6.09. The van der Waals surface area contributed by atoms with Crippen LogP contribution in [-0.4, -0.2) is 52.0 Å². The van der Waals surface area contributed by atoms with Gasteiger partial charge in [0, 0.05) is 33.9 Å². The molecule has 0 saturated carbocycles. The fourth-order valence-electron chi connectivity index (χ4n) is 2.69. The number of carbonyl (C=O) groups excluding carboxylic acids is 1. The molecule has 1 amide bonds. The van der Waals surface area contributed by atoms with E-state index in [-0.39, 0.29) is 23.3 Å². The van der Waals surface area contributed by atoms with Gasteiger partial charge in [0.05, 0.1) is 10.9 Å². The summed E-state index contributed by atoms with van der Waals surface area (Å²) in [5.41, 5.74) is 6.57. The van der Waals surface area contributed by atoms with Crippen LogP contribution in [0.1, 0.15) is 18.4 Å². The van der Waals surface area contributed by atoms with E-state index < -0.39 is 16.1 Å². The van der Waals surface area contributed by atoms with Crippen molar-refractivity contribution in [2.75, 3.05) is 27.3 Å². The van der Waals surface area contributed by atoms with Crippen LogP contribution >= 0.6 is 0 Å². The molecule has 8 heteroatoms. The predicted octanol–water partition coefficient (Wildman–Crippen LogP) is 0.307. The zero-order valence-electron chi connectivity index (χ0n) is 14.1. The van der Waals surface area contributed by atoms with Crippen LogP contribution in [0.15, 0.2) is 29.2 Å². The van der Waals surface area contributed by atoms with Gasteiger partial charge in [0.2, 0.25) is 15.9 Å². The summed E-state index contributed by atoms with van der Waals surface area (Å²) in [6.45, 7) is 1.37. The summed E-state index contributed by atoms with van der Waals surface area (Å²) in [5, 5.41) is 2.76. The number of hydrogen-bond donors (Lipinski definition) is 2. The van der Waals surface area contributed by atoms with Crippen molar-refractivity contribution in [1.82, 2.24) is 9.62 Å². The third-order valence-corrected chi connectivity index (χ3v) is 6.18. The summed E-state index contributed by atoms with van der Waals surface area (Å²) in [7, 11) is -0.606. The highest BCUT2D eigenvalue weighted by atomic mass is 32.2. The van der Waals surface area contributed by atoms with Crippen LogP contribution in [0, 0.1) is 5.92 Å². The maximum Gasteiger partial charge on any atom is 0.242 e. The average Bonchev–Trinajstić information content (AvgIpc) is 2.59.